The van der Waals surface area contributed by atoms with Gasteiger partial charge in [0.1, 0.15) is 5.75 Å². The molecule has 1 atom stereocenters. The lowest BCUT2D eigenvalue weighted by Crippen LogP contribution is -2.19. The summed E-state index contributed by atoms with van der Waals surface area (Å²) in [5.74, 6) is 1.42. The van der Waals surface area contributed by atoms with E-state index in [1.165, 1.54) is 0 Å². The van der Waals surface area contributed by atoms with Gasteiger partial charge in [-0.2, -0.15) is 0 Å². The molecule has 1 unspecified atom stereocenters. The van der Waals surface area contributed by atoms with Crippen LogP contribution in [-0.2, 0) is 6.42 Å². The van der Waals surface area contributed by atoms with Crippen molar-refractivity contribution >= 4 is 21.7 Å². The van der Waals surface area contributed by atoms with Crippen LogP contribution in [0.5, 0.6) is 5.75 Å². The number of fused-ring (bicyclic) bond motifs is 1. The van der Waals surface area contributed by atoms with E-state index in [-0.39, 0.29) is 5.78 Å². The van der Waals surface area contributed by atoms with Crippen LogP contribution in [0.3, 0.4) is 0 Å². The Hall–Kier alpha value is -2.33. The highest BCUT2D eigenvalue weighted by Gasteiger charge is 2.28. The average molecular weight is 410 g/mol. The lowest BCUT2D eigenvalue weighted by molar-refractivity contribution is 0.0952. The molecule has 0 saturated carbocycles. The maximum Gasteiger partial charge on any atom is 0.164 e. The van der Waals surface area contributed by atoms with Gasteiger partial charge in [-0.15, -0.1) is 0 Å². The number of methoxy groups -OCH3 is 1. The lowest BCUT2D eigenvalue weighted by Gasteiger charge is -2.21. The molecule has 3 nitrogen and oxygen atoms in total. The first kappa shape index (κ1) is 17.1. The fourth-order valence-corrected chi connectivity index (χ4v) is 3.95. The molecular formula is C22H20BrNO2. The Morgan fingerprint density at radius 1 is 1.04 bits per heavy atom. The highest BCUT2D eigenvalue weighted by molar-refractivity contribution is 9.10. The van der Waals surface area contributed by atoms with E-state index in [0.717, 1.165) is 44.8 Å². The molecule has 26 heavy (non-hydrogen) atoms. The molecule has 132 valence electrons. The predicted molar refractivity (Wildman–Crippen MR) is 107 cm³/mol. The molecule has 3 aromatic rings. The molecule has 1 aromatic heterocycles. The number of halogens is 1. The highest BCUT2D eigenvalue weighted by atomic mass is 79.9. The summed E-state index contributed by atoms with van der Waals surface area (Å²) in [4.78, 5) is 12.6. The molecule has 1 aliphatic carbocycles. The van der Waals surface area contributed by atoms with Gasteiger partial charge in [0.15, 0.2) is 5.78 Å². The van der Waals surface area contributed by atoms with Gasteiger partial charge >= 0.3 is 0 Å². The van der Waals surface area contributed by atoms with Crippen LogP contribution in [0, 0.1) is 5.92 Å². The van der Waals surface area contributed by atoms with E-state index < -0.39 is 0 Å². The second-order valence-corrected chi connectivity index (χ2v) is 7.78. The zero-order valence-electron chi connectivity index (χ0n) is 14.8. The quantitative estimate of drug-likeness (QED) is 0.556. The minimum absolute atomic E-state index is 0.240. The first-order valence-electron chi connectivity index (χ1n) is 8.75. The summed E-state index contributed by atoms with van der Waals surface area (Å²) < 4.78 is 8.56. The zero-order valence-corrected chi connectivity index (χ0v) is 16.4. The van der Waals surface area contributed by atoms with Crippen molar-refractivity contribution in [2.24, 2.45) is 5.92 Å². The highest BCUT2D eigenvalue weighted by Crippen LogP contribution is 2.36. The normalized spacial score (nSPS) is 16.4. The summed E-state index contributed by atoms with van der Waals surface area (Å²) in [5.41, 5.74) is 5.16. The number of carbonyl (C=O) groups is 1. The third-order valence-electron chi connectivity index (χ3n) is 4.95. The Morgan fingerprint density at radius 2 is 1.73 bits per heavy atom. The number of benzene rings is 2. The Morgan fingerprint density at radius 3 is 2.38 bits per heavy atom. The van der Waals surface area contributed by atoms with Crippen LogP contribution >= 0.6 is 15.9 Å². The molecule has 0 N–H and O–H groups in total. The molecular weight excluding hydrogens is 390 g/mol. The van der Waals surface area contributed by atoms with Crippen LogP contribution in [0.25, 0.3) is 16.9 Å². The molecule has 4 heteroatoms. The van der Waals surface area contributed by atoms with Gasteiger partial charge in [-0.25, -0.2) is 0 Å². The van der Waals surface area contributed by atoms with Gasteiger partial charge in [0.25, 0.3) is 0 Å². The van der Waals surface area contributed by atoms with Crippen molar-refractivity contribution in [2.75, 3.05) is 7.11 Å². The summed E-state index contributed by atoms with van der Waals surface area (Å²) >= 11 is 3.50. The Balaban J connectivity index is 1.94. The number of hydrogen-bond donors (Lipinski definition) is 0. The molecule has 0 spiro atoms. The molecule has 0 fully saturated rings. The summed E-state index contributed by atoms with van der Waals surface area (Å²) in [6.07, 6.45) is 1.53. The van der Waals surface area contributed by atoms with Crippen molar-refractivity contribution in [3.63, 3.8) is 0 Å². The first-order chi connectivity index (χ1) is 12.6. The van der Waals surface area contributed by atoms with Gasteiger partial charge in [-0.05, 0) is 60.4 Å². The number of rotatable bonds is 3. The average Bonchev–Trinajstić information content (AvgIpc) is 3.02. The van der Waals surface area contributed by atoms with Crippen LogP contribution in [0.4, 0.5) is 0 Å². The Labute approximate surface area is 161 Å². The number of Topliss-reactive ketones (excluding diaryl/α,β-unsaturated/α-hetero) is 1. The van der Waals surface area contributed by atoms with Crippen LogP contribution < -0.4 is 4.74 Å². The summed E-state index contributed by atoms with van der Waals surface area (Å²) in [6, 6.07) is 18.3. The van der Waals surface area contributed by atoms with E-state index in [2.05, 4.69) is 45.6 Å². The van der Waals surface area contributed by atoms with Crippen molar-refractivity contribution in [1.29, 1.82) is 0 Å². The molecule has 1 aliphatic rings. The van der Waals surface area contributed by atoms with E-state index in [0.29, 0.717) is 12.3 Å². The van der Waals surface area contributed by atoms with Gasteiger partial charge in [-0.3, -0.25) is 4.79 Å². The van der Waals surface area contributed by atoms with Gasteiger partial charge in [0.2, 0.25) is 0 Å². The van der Waals surface area contributed by atoms with Gasteiger partial charge in [0, 0.05) is 27.8 Å². The van der Waals surface area contributed by atoms with Crippen molar-refractivity contribution in [3.05, 3.63) is 70.3 Å². The second kappa shape index (κ2) is 6.76. The molecule has 4 rings (SSSR count). The topological polar surface area (TPSA) is 31.2 Å². The van der Waals surface area contributed by atoms with E-state index >= 15 is 0 Å². The van der Waals surface area contributed by atoms with Crippen molar-refractivity contribution in [3.8, 4) is 22.7 Å². The number of hydrogen-bond acceptors (Lipinski definition) is 2. The number of nitrogens with zero attached hydrogens (tertiary/aromatic N) is 1. The number of ketones is 1. The fourth-order valence-electron chi connectivity index (χ4n) is 3.68. The van der Waals surface area contributed by atoms with Gasteiger partial charge in [-0.1, -0.05) is 35.0 Å². The number of ether oxygens (including phenoxy) is 1. The van der Waals surface area contributed by atoms with Crippen LogP contribution in [0.15, 0.2) is 59.1 Å². The smallest absolute Gasteiger partial charge is 0.164 e. The predicted octanol–water partition coefficient (Wildman–Crippen LogP) is 5.68. The molecule has 1 heterocycles. The van der Waals surface area contributed by atoms with Crippen molar-refractivity contribution in [1.82, 2.24) is 4.57 Å². The second-order valence-electron chi connectivity index (χ2n) is 6.87. The third kappa shape index (κ3) is 2.99. The summed E-state index contributed by atoms with van der Waals surface area (Å²) in [6.45, 7) is 2.14. The van der Waals surface area contributed by atoms with Crippen LogP contribution in [0.2, 0.25) is 0 Å². The Kier molecular flexibility index (Phi) is 4.45. The third-order valence-corrected chi connectivity index (χ3v) is 5.48. The first-order valence-corrected chi connectivity index (χ1v) is 9.54. The van der Waals surface area contributed by atoms with Gasteiger partial charge in [0.05, 0.1) is 12.8 Å². The maximum atomic E-state index is 12.6. The number of carbonyl (C=O) groups excluding carboxylic acids is 1. The van der Waals surface area contributed by atoms with Crippen LogP contribution in [0.1, 0.15) is 29.4 Å². The molecule has 0 amide bonds. The van der Waals surface area contributed by atoms with E-state index in [1.54, 1.807) is 7.11 Å². The zero-order chi connectivity index (χ0) is 18.3. The fraction of sp³-hybridized carbons (Fsp3) is 0.227. The summed E-state index contributed by atoms with van der Waals surface area (Å²) in [5, 5.41) is 0. The maximum absolute atomic E-state index is 12.6. The molecule has 0 bridgehead atoms. The van der Waals surface area contributed by atoms with Crippen LogP contribution in [-0.4, -0.2) is 17.5 Å². The summed E-state index contributed by atoms with van der Waals surface area (Å²) in [7, 11) is 1.67. The van der Waals surface area contributed by atoms with E-state index in [4.69, 9.17) is 4.74 Å². The van der Waals surface area contributed by atoms with Gasteiger partial charge < -0.3 is 9.30 Å². The number of aromatic nitrogens is 1. The minimum atomic E-state index is 0.240. The van der Waals surface area contributed by atoms with Crippen molar-refractivity contribution in [2.45, 2.75) is 19.8 Å². The molecule has 2 aromatic carbocycles. The van der Waals surface area contributed by atoms with Crippen molar-refractivity contribution < 1.29 is 9.53 Å². The monoisotopic (exact) mass is 409 g/mol. The Bertz CT molecular complexity index is 955. The minimum Gasteiger partial charge on any atom is -0.497 e. The molecule has 0 aliphatic heterocycles. The molecule has 0 saturated heterocycles. The SMILES string of the molecule is COc1ccc(-n2c(-c3ccc(Br)cc3)cc3c2CC(C)CC3=O)cc1. The molecule has 0 radical (unpaired) electrons. The van der Waals surface area contributed by atoms with E-state index in [9.17, 15) is 4.79 Å². The van der Waals surface area contributed by atoms with E-state index in [1.807, 2.05) is 36.4 Å². The largest absolute Gasteiger partial charge is 0.497 e. The lowest BCUT2D eigenvalue weighted by atomic mass is 9.88. The standard InChI is InChI=1S/C22H20BrNO2/c1-14-11-21-19(22(25)12-14)13-20(15-3-5-16(23)6-4-15)24(21)17-7-9-18(26-2)10-8-17/h3-10,13-14H,11-12H2,1-2H3.